The highest BCUT2D eigenvalue weighted by atomic mass is 19.4. The van der Waals surface area contributed by atoms with Crippen molar-refractivity contribution >= 4 is 12.3 Å². The van der Waals surface area contributed by atoms with Gasteiger partial charge in [0.2, 0.25) is 0 Å². The van der Waals surface area contributed by atoms with Crippen LogP contribution in [0.1, 0.15) is 34.5 Å². The molecule has 0 aliphatic carbocycles. The number of alkyl halides is 3. The number of aliphatic hydroxyl groups is 2. The van der Waals surface area contributed by atoms with Crippen LogP contribution in [0.3, 0.4) is 0 Å². The largest absolute Gasteiger partial charge is 0.464 e. The molecule has 0 aliphatic heterocycles. The van der Waals surface area contributed by atoms with E-state index in [-0.39, 0.29) is 18.5 Å². The number of hydrogen-bond donors (Lipinski definition) is 2. The van der Waals surface area contributed by atoms with Gasteiger partial charge in [-0.05, 0) is 18.6 Å². The van der Waals surface area contributed by atoms with E-state index < -0.39 is 35.5 Å². The van der Waals surface area contributed by atoms with Crippen LogP contribution in [0.2, 0.25) is 0 Å². The van der Waals surface area contributed by atoms with Gasteiger partial charge in [0.25, 0.3) is 0 Å². The van der Waals surface area contributed by atoms with Gasteiger partial charge in [0, 0.05) is 5.56 Å². The molecule has 8 heteroatoms. The molecular weight excluding hydrogens is 293 g/mol. The highest BCUT2D eigenvalue weighted by Gasteiger charge is 2.38. The number of rotatable bonds is 5. The van der Waals surface area contributed by atoms with Crippen LogP contribution >= 0.6 is 0 Å². The van der Waals surface area contributed by atoms with E-state index in [4.69, 9.17) is 0 Å². The lowest BCUT2D eigenvalue weighted by Crippen LogP contribution is -2.31. The van der Waals surface area contributed by atoms with Crippen LogP contribution < -0.4 is 0 Å². The molecule has 2 unspecified atom stereocenters. The third-order valence-corrected chi connectivity index (χ3v) is 2.66. The molecule has 0 saturated heterocycles. The number of ether oxygens (including phenoxy) is 1. The standard InChI is InChI=1S/C13H13F3O5/c1-2-21-12(20)11(19)10(18)8-4-3-7(6-17)5-9(8)13(14,15)16/h3-6,10-11,18-19H,2H2,1H3. The van der Waals surface area contributed by atoms with Gasteiger partial charge in [0.1, 0.15) is 12.4 Å². The van der Waals surface area contributed by atoms with Crippen LogP contribution in [-0.4, -0.2) is 35.2 Å². The average molecular weight is 306 g/mol. The van der Waals surface area contributed by atoms with Gasteiger partial charge in [0.15, 0.2) is 6.10 Å². The minimum atomic E-state index is -4.86. The van der Waals surface area contributed by atoms with Gasteiger partial charge >= 0.3 is 12.1 Å². The predicted octanol–water partition coefficient (Wildman–Crippen LogP) is 1.48. The van der Waals surface area contributed by atoms with E-state index in [1.807, 2.05) is 0 Å². The molecule has 1 aromatic rings. The molecule has 0 aliphatic rings. The number of hydrogen-bond acceptors (Lipinski definition) is 5. The zero-order valence-corrected chi connectivity index (χ0v) is 10.9. The number of aliphatic hydroxyl groups excluding tert-OH is 2. The second kappa shape index (κ2) is 6.68. The van der Waals surface area contributed by atoms with Crippen LogP contribution in [-0.2, 0) is 15.7 Å². The topological polar surface area (TPSA) is 83.8 Å². The van der Waals surface area contributed by atoms with Gasteiger partial charge in [-0.15, -0.1) is 0 Å². The Balaban J connectivity index is 3.23. The Kier molecular flexibility index (Phi) is 5.45. The van der Waals surface area contributed by atoms with Crippen molar-refractivity contribution in [3.63, 3.8) is 0 Å². The minimum Gasteiger partial charge on any atom is -0.464 e. The van der Waals surface area contributed by atoms with E-state index in [1.165, 1.54) is 6.92 Å². The van der Waals surface area contributed by atoms with Crippen LogP contribution in [0, 0.1) is 0 Å². The summed E-state index contributed by atoms with van der Waals surface area (Å²) in [4.78, 5) is 21.8. The fraction of sp³-hybridized carbons (Fsp3) is 0.385. The lowest BCUT2D eigenvalue weighted by molar-refractivity contribution is -0.161. The maximum Gasteiger partial charge on any atom is 0.416 e. The summed E-state index contributed by atoms with van der Waals surface area (Å²) in [6.07, 6.45) is -8.92. The normalized spacial score (nSPS) is 14.4. The van der Waals surface area contributed by atoms with Crippen molar-refractivity contribution in [1.82, 2.24) is 0 Å². The molecule has 0 spiro atoms. The van der Waals surface area contributed by atoms with Gasteiger partial charge < -0.3 is 14.9 Å². The summed E-state index contributed by atoms with van der Waals surface area (Å²) in [6, 6.07) is 2.40. The van der Waals surface area contributed by atoms with Crippen molar-refractivity contribution in [2.75, 3.05) is 6.61 Å². The minimum absolute atomic E-state index is 0.0984. The molecule has 0 saturated carbocycles. The van der Waals surface area contributed by atoms with Crippen molar-refractivity contribution in [1.29, 1.82) is 0 Å². The number of benzene rings is 1. The van der Waals surface area contributed by atoms with Gasteiger partial charge in [-0.3, -0.25) is 4.79 Å². The van der Waals surface area contributed by atoms with Gasteiger partial charge in [-0.25, -0.2) is 4.79 Å². The third-order valence-electron chi connectivity index (χ3n) is 2.66. The SMILES string of the molecule is CCOC(=O)C(O)C(O)c1ccc(C=O)cc1C(F)(F)F. The molecule has 1 rings (SSSR count). The molecule has 0 radical (unpaired) electrons. The Labute approximate surface area is 118 Å². The van der Waals surface area contributed by atoms with E-state index in [9.17, 15) is 33.0 Å². The van der Waals surface area contributed by atoms with E-state index in [2.05, 4.69) is 4.74 Å². The quantitative estimate of drug-likeness (QED) is 0.636. The summed E-state index contributed by atoms with van der Waals surface area (Å²) in [5.41, 5.74) is -2.26. The maximum atomic E-state index is 12.9. The zero-order chi connectivity index (χ0) is 16.2. The smallest absolute Gasteiger partial charge is 0.416 e. The van der Waals surface area contributed by atoms with E-state index in [0.717, 1.165) is 12.1 Å². The number of carbonyl (C=O) groups is 2. The van der Waals surface area contributed by atoms with Gasteiger partial charge in [0.05, 0.1) is 12.2 Å². The Morgan fingerprint density at radius 3 is 2.48 bits per heavy atom. The Morgan fingerprint density at radius 2 is 2.00 bits per heavy atom. The summed E-state index contributed by atoms with van der Waals surface area (Å²) < 4.78 is 43.2. The van der Waals surface area contributed by atoms with E-state index in [1.54, 1.807) is 0 Å². The fourth-order valence-corrected chi connectivity index (χ4v) is 1.68. The number of carbonyl (C=O) groups excluding carboxylic acids is 2. The van der Waals surface area contributed by atoms with Gasteiger partial charge in [-0.2, -0.15) is 13.2 Å². The van der Waals surface area contributed by atoms with E-state index >= 15 is 0 Å². The van der Waals surface area contributed by atoms with Gasteiger partial charge in [-0.1, -0.05) is 12.1 Å². The molecule has 0 fully saturated rings. The molecule has 5 nitrogen and oxygen atoms in total. The molecule has 21 heavy (non-hydrogen) atoms. The summed E-state index contributed by atoms with van der Waals surface area (Å²) in [7, 11) is 0. The highest BCUT2D eigenvalue weighted by Crippen LogP contribution is 2.36. The predicted molar refractivity (Wildman–Crippen MR) is 64.4 cm³/mol. The maximum absolute atomic E-state index is 12.9. The molecule has 0 heterocycles. The van der Waals surface area contributed by atoms with Crippen molar-refractivity contribution in [3.05, 3.63) is 34.9 Å². The number of halogens is 3. The number of esters is 1. The Hall–Kier alpha value is -1.93. The first-order valence-corrected chi connectivity index (χ1v) is 5.91. The number of aldehydes is 1. The average Bonchev–Trinajstić information content (AvgIpc) is 2.44. The lowest BCUT2D eigenvalue weighted by Gasteiger charge is -2.21. The summed E-state index contributed by atoms with van der Waals surface area (Å²) in [6.45, 7) is 1.34. The van der Waals surface area contributed by atoms with Crippen molar-refractivity contribution in [2.24, 2.45) is 0 Å². The van der Waals surface area contributed by atoms with Crippen LogP contribution in [0.5, 0.6) is 0 Å². The van der Waals surface area contributed by atoms with Crippen molar-refractivity contribution in [2.45, 2.75) is 25.3 Å². The fourth-order valence-electron chi connectivity index (χ4n) is 1.68. The van der Waals surface area contributed by atoms with Crippen LogP contribution in [0.25, 0.3) is 0 Å². The van der Waals surface area contributed by atoms with E-state index in [0.29, 0.717) is 6.07 Å². The first-order valence-electron chi connectivity index (χ1n) is 5.91. The molecule has 0 aromatic heterocycles. The Bertz CT molecular complexity index is 527. The van der Waals surface area contributed by atoms with Crippen molar-refractivity contribution < 1.29 is 37.7 Å². The van der Waals surface area contributed by atoms with Crippen LogP contribution in [0.15, 0.2) is 18.2 Å². The second-order valence-electron chi connectivity index (χ2n) is 4.10. The monoisotopic (exact) mass is 306 g/mol. The first kappa shape index (κ1) is 17.1. The molecule has 0 amide bonds. The molecule has 1 aromatic carbocycles. The summed E-state index contributed by atoms with van der Waals surface area (Å²) in [5.74, 6) is -1.24. The molecule has 2 N–H and O–H groups in total. The lowest BCUT2D eigenvalue weighted by atomic mass is 9.96. The Morgan fingerprint density at radius 1 is 1.38 bits per heavy atom. The molecule has 116 valence electrons. The van der Waals surface area contributed by atoms with Crippen LogP contribution in [0.4, 0.5) is 13.2 Å². The molecule has 2 atom stereocenters. The van der Waals surface area contributed by atoms with Crippen molar-refractivity contribution in [3.8, 4) is 0 Å². The third kappa shape index (κ3) is 4.02. The second-order valence-corrected chi connectivity index (χ2v) is 4.10. The highest BCUT2D eigenvalue weighted by molar-refractivity contribution is 5.77. The zero-order valence-electron chi connectivity index (χ0n) is 10.9. The summed E-state index contributed by atoms with van der Waals surface area (Å²) >= 11 is 0. The molecular formula is C13H13F3O5. The molecule has 0 bridgehead atoms. The first-order chi connectivity index (χ1) is 9.72. The summed E-state index contributed by atoms with van der Waals surface area (Å²) in [5, 5.41) is 19.3.